The Bertz CT molecular complexity index is 540. The van der Waals surface area contributed by atoms with Gasteiger partial charge < -0.3 is 14.3 Å². The zero-order valence-electron chi connectivity index (χ0n) is 10.3. The van der Waals surface area contributed by atoms with Crippen LogP contribution >= 0.6 is 0 Å². The molecule has 1 aromatic heterocycles. The molecule has 1 aromatic carbocycles. The smallest absolute Gasteiger partial charge is 0.139 e. The van der Waals surface area contributed by atoms with Crippen molar-refractivity contribution in [2.75, 3.05) is 0 Å². The van der Waals surface area contributed by atoms with E-state index in [-0.39, 0.29) is 0 Å². The molecule has 1 heterocycles. The lowest BCUT2D eigenvalue weighted by Crippen LogP contribution is -2.01. The van der Waals surface area contributed by atoms with Gasteiger partial charge in [-0.1, -0.05) is 12.1 Å². The van der Waals surface area contributed by atoms with E-state index in [0.29, 0.717) is 11.9 Å². The Labute approximate surface area is 106 Å². The van der Waals surface area contributed by atoms with Crippen LogP contribution in [-0.2, 0) is 0 Å². The van der Waals surface area contributed by atoms with Crippen LogP contribution in [0.25, 0.3) is 0 Å². The Morgan fingerprint density at radius 1 is 1.33 bits per heavy atom. The highest BCUT2D eigenvalue weighted by molar-refractivity contribution is 5.35. The van der Waals surface area contributed by atoms with Gasteiger partial charge in [0, 0.05) is 0 Å². The molecule has 1 unspecified atom stereocenters. The SMILES string of the molecule is Cc1ccoc1C(O)c1cccc(OC2CC2)c1. The molecule has 0 bridgehead atoms. The quantitative estimate of drug-likeness (QED) is 0.898. The summed E-state index contributed by atoms with van der Waals surface area (Å²) in [6.07, 6.45) is 3.48. The van der Waals surface area contributed by atoms with Crippen LogP contribution in [0.15, 0.2) is 41.0 Å². The number of rotatable bonds is 4. The first kappa shape index (κ1) is 11.4. The van der Waals surface area contributed by atoms with E-state index < -0.39 is 6.10 Å². The van der Waals surface area contributed by atoms with Crippen molar-refractivity contribution in [3.8, 4) is 5.75 Å². The maximum absolute atomic E-state index is 10.3. The van der Waals surface area contributed by atoms with Crippen LogP contribution in [-0.4, -0.2) is 11.2 Å². The molecule has 2 aromatic rings. The van der Waals surface area contributed by atoms with Gasteiger partial charge in [0.1, 0.15) is 17.6 Å². The molecule has 3 nitrogen and oxygen atoms in total. The summed E-state index contributed by atoms with van der Waals surface area (Å²) in [6.45, 7) is 1.92. The van der Waals surface area contributed by atoms with Crippen LogP contribution in [0.2, 0.25) is 0 Å². The molecule has 94 valence electrons. The topological polar surface area (TPSA) is 42.6 Å². The number of hydrogen-bond acceptors (Lipinski definition) is 3. The Kier molecular flexibility index (Phi) is 2.84. The summed E-state index contributed by atoms with van der Waals surface area (Å²) in [4.78, 5) is 0. The van der Waals surface area contributed by atoms with E-state index in [1.165, 1.54) is 0 Å². The number of aliphatic hydroxyl groups excluding tert-OH is 1. The van der Waals surface area contributed by atoms with Crippen molar-refractivity contribution in [1.82, 2.24) is 0 Å². The largest absolute Gasteiger partial charge is 0.490 e. The van der Waals surface area contributed by atoms with Gasteiger partial charge in [-0.3, -0.25) is 0 Å². The van der Waals surface area contributed by atoms with Crippen LogP contribution < -0.4 is 4.74 Å². The number of aliphatic hydroxyl groups is 1. The highest BCUT2D eigenvalue weighted by Crippen LogP contribution is 2.31. The molecule has 1 atom stereocenters. The number of furan rings is 1. The third kappa shape index (κ3) is 2.27. The fraction of sp³-hybridized carbons (Fsp3) is 0.333. The second-order valence-corrected chi connectivity index (χ2v) is 4.76. The van der Waals surface area contributed by atoms with E-state index in [1.807, 2.05) is 37.3 Å². The number of benzene rings is 1. The van der Waals surface area contributed by atoms with Gasteiger partial charge in [-0.05, 0) is 49.1 Å². The number of hydrogen-bond donors (Lipinski definition) is 1. The Hall–Kier alpha value is -1.74. The molecule has 0 amide bonds. The van der Waals surface area contributed by atoms with E-state index >= 15 is 0 Å². The first-order valence-electron chi connectivity index (χ1n) is 6.23. The maximum Gasteiger partial charge on any atom is 0.139 e. The third-order valence-corrected chi connectivity index (χ3v) is 3.15. The fourth-order valence-corrected chi connectivity index (χ4v) is 1.95. The fourth-order valence-electron chi connectivity index (χ4n) is 1.95. The van der Waals surface area contributed by atoms with Crippen molar-refractivity contribution in [3.05, 3.63) is 53.5 Å². The number of aryl methyl sites for hydroxylation is 1. The van der Waals surface area contributed by atoms with E-state index in [0.717, 1.165) is 29.7 Å². The van der Waals surface area contributed by atoms with Gasteiger partial charge >= 0.3 is 0 Å². The summed E-state index contributed by atoms with van der Waals surface area (Å²) in [5, 5.41) is 10.3. The zero-order valence-corrected chi connectivity index (χ0v) is 10.3. The molecule has 1 N–H and O–H groups in total. The molecule has 1 aliphatic carbocycles. The molecule has 3 rings (SSSR count). The summed E-state index contributed by atoms with van der Waals surface area (Å²) in [6, 6.07) is 9.43. The van der Waals surface area contributed by atoms with Gasteiger partial charge in [0.05, 0.1) is 12.4 Å². The predicted octanol–water partition coefficient (Wildman–Crippen LogP) is 3.21. The van der Waals surface area contributed by atoms with Crippen LogP contribution in [0.5, 0.6) is 5.75 Å². The van der Waals surface area contributed by atoms with E-state index in [1.54, 1.807) is 6.26 Å². The Morgan fingerprint density at radius 2 is 2.17 bits per heavy atom. The minimum absolute atomic E-state index is 0.364. The van der Waals surface area contributed by atoms with Crippen LogP contribution in [0, 0.1) is 6.92 Å². The van der Waals surface area contributed by atoms with Crippen molar-refractivity contribution in [2.24, 2.45) is 0 Å². The Balaban J connectivity index is 1.84. The highest BCUT2D eigenvalue weighted by Gasteiger charge is 2.24. The molecule has 3 heteroatoms. The summed E-state index contributed by atoms with van der Waals surface area (Å²) in [7, 11) is 0. The minimum atomic E-state index is -0.734. The molecule has 0 aliphatic heterocycles. The van der Waals surface area contributed by atoms with E-state index in [9.17, 15) is 5.11 Å². The summed E-state index contributed by atoms with van der Waals surface area (Å²) < 4.78 is 11.0. The van der Waals surface area contributed by atoms with Gasteiger partial charge in [-0.25, -0.2) is 0 Å². The molecule has 0 spiro atoms. The van der Waals surface area contributed by atoms with Gasteiger partial charge in [0.15, 0.2) is 0 Å². The second-order valence-electron chi connectivity index (χ2n) is 4.76. The standard InChI is InChI=1S/C15H16O3/c1-10-7-8-17-15(10)14(16)11-3-2-4-13(9-11)18-12-5-6-12/h2-4,7-9,12,14,16H,5-6H2,1H3. The summed E-state index contributed by atoms with van der Waals surface area (Å²) >= 11 is 0. The maximum atomic E-state index is 10.3. The van der Waals surface area contributed by atoms with Crippen molar-refractivity contribution >= 4 is 0 Å². The summed E-state index contributed by atoms with van der Waals surface area (Å²) in [5.74, 6) is 1.41. The average Bonchev–Trinajstić information content (AvgIpc) is 3.08. The monoisotopic (exact) mass is 244 g/mol. The zero-order chi connectivity index (χ0) is 12.5. The normalized spacial score (nSPS) is 16.6. The van der Waals surface area contributed by atoms with Crippen molar-refractivity contribution < 1.29 is 14.3 Å². The first-order valence-corrected chi connectivity index (χ1v) is 6.23. The van der Waals surface area contributed by atoms with Crippen molar-refractivity contribution in [2.45, 2.75) is 32.0 Å². The molecule has 18 heavy (non-hydrogen) atoms. The predicted molar refractivity (Wildman–Crippen MR) is 67.6 cm³/mol. The van der Waals surface area contributed by atoms with Crippen LogP contribution in [0.3, 0.4) is 0 Å². The third-order valence-electron chi connectivity index (χ3n) is 3.15. The Morgan fingerprint density at radius 3 is 2.83 bits per heavy atom. The van der Waals surface area contributed by atoms with Crippen molar-refractivity contribution in [3.63, 3.8) is 0 Å². The highest BCUT2D eigenvalue weighted by atomic mass is 16.5. The molecule has 1 aliphatic rings. The van der Waals surface area contributed by atoms with Crippen LogP contribution in [0.4, 0.5) is 0 Å². The average molecular weight is 244 g/mol. The van der Waals surface area contributed by atoms with E-state index in [4.69, 9.17) is 9.15 Å². The molecular formula is C15H16O3. The molecule has 0 radical (unpaired) electrons. The first-order chi connectivity index (χ1) is 8.74. The van der Waals surface area contributed by atoms with Crippen molar-refractivity contribution in [1.29, 1.82) is 0 Å². The molecule has 1 saturated carbocycles. The van der Waals surface area contributed by atoms with Gasteiger partial charge in [-0.2, -0.15) is 0 Å². The summed E-state index contributed by atoms with van der Waals surface area (Å²) in [5.41, 5.74) is 1.75. The lowest BCUT2D eigenvalue weighted by atomic mass is 10.0. The molecule has 1 fully saturated rings. The minimum Gasteiger partial charge on any atom is -0.490 e. The van der Waals surface area contributed by atoms with Gasteiger partial charge in [0.2, 0.25) is 0 Å². The van der Waals surface area contributed by atoms with Gasteiger partial charge in [0.25, 0.3) is 0 Å². The molecule has 0 saturated heterocycles. The lowest BCUT2D eigenvalue weighted by Gasteiger charge is -2.11. The van der Waals surface area contributed by atoms with Crippen LogP contribution in [0.1, 0.15) is 35.8 Å². The number of ether oxygens (including phenoxy) is 1. The lowest BCUT2D eigenvalue weighted by molar-refractivity contribution is 0.187. The second kappa shape index (κ2) is 4.50. The molecular weight excluding hydrogens is 228 g/mol. The van der Waals surface area contributed by atoms with Gasteiger partial charge in [-0.15, -0.1) is 0 Å². The van der Waals surface area contributed by atoms with E-state index in [2.05, 4.69) is 0 Å².